The summed E-state index contributed by atoms with van der Waals surface area (Å²) < 4.78 is 0. The average molecular weight is 367 g/mol. The monoisotopic (exact) mass is 366 g/mol. The number of amides is 1. The smallest absolute Gasteiger partial charge is 0.225 e. The van der Waals surface area contributed by atoms with E-state index in [1.165, 1.54) is 12.0 Å². The van der Waals surface area contributed by atoms with E-state index in [1.54, 1.807) is 0 Å². The summed E-state index contributed by atoms with van der Waals surface area (Å²) in [6.45, 7) is 6.74. The van der Waals surface area contributed by atoms with Crippen LogP contribution in [0.4, 0.5) is 0 Å². The van der Waals surface area contributed by atoms with Gasteiger partial charge in [-0.25, -0.2) is 0 Å². The Morgan fingerprint density at radius 3 is 2.36 bits per heavy atom. The van der Waals surface area contributed by atoms with Crippen molar-refractivity contribution in [3.8, 4) is 0 Å². The summed E-state index contributed by atoms with van der Waals surface area (Å²) in [6, 6.07) is 7.98. The van der Waals surface area contributed by atoms with Gasteiger partial charge < -0.3 is 16.2 Å². The summed E-state index contributed by atoms with van der Waals surface area (Å²) in [6.07, 6.45) is 2.69. The fourth-order valence-electron chi connectivity index (χ4n) is 4.36. The van der Waals surface area contributed by atoms with E-state index in [0.717, 1.165) is 18.4 Å². The predicted octanol–water partition coefficient (Wildman–Crippen LogP) is 2.93. The lowest BCUT2D eigenvalue weighted by molar-refractivity contribution is -0.127. The molecule has 5 unspecified atom stereocenters. The number of nitrogens with one attached hydrogen (secondary N) is 1. The van der Waals surface area contributed by atoms with Crippen LogP contribution >= 0.6 is 12.4 Å². The van der Waals surface area contributed by atoms with Crippen molar-refractivity contribution in [2.24, 2.45) is 23.5 Å². The Morgan fingerprint density at radius 1 is 1.24 bits per heavy atom. The topological polar surface area (TPSA) is 75.3 Å². The third-order valence-electron chi connectivity index (χ3n) is 5.91. The maximum Gasteiger partial charge on any atom is 0.225 e. The summed E-state index contributed by atoms with van der Waals surface area (Å²) in [5.41, 5.74) is 8.38. The molecule has 25 heavy (non-hydrogen) atoms. The van der Waals surface area contributed by atoms with Gasteiger partial charge in [0.05, 0.1) is 12.0 Å². The summed E-state index contributed by atoms with van der Waals surface area (Å²) >= 11 is 0. The highest BCUT2D eigenvalue weighted by atomic mass is 35.5. The zero-order valence-corrected chi connectivity index (χ0v) is 16.2. The third-order valence-corrected chi connectivity index (χ3v) is 5.91. The van der Waals surface area contributed by atoms with E-state index >= 15 is 0 Å². The van der Waals surface area contributed by atoms with Gasteiger partial charge in [0.2, 0.25) is 5.91 Å². The Bertz CT molecular complexity index is 595. The first-order valence-corrected chi connectivity index (χ1v) is 9.09. The molecule has 1 amide bonds. The lowest BCUT2D eigenvalue weighted by atomic mass is 9.84. The number of carbonyl (C=O) groups is 1. The Balaban J connectivity index is 0.00000225. The van der Waals surface area contributed by atoms with E-state index in [2.05, 4.69) is 26.1 Å². The molecule has 0 aliphatic heterocycles. The Labute approximate surface area is 157 Å². The van der Waals surface area contributed by atoms with Crippen molar-refractivity contribution in [1.29, 1.82) is 0 Å². The van der Waals surface area contributed by atoms with Crippen LogP contribution in [0.5, 0.6) is 0 Å². The van der Waals surface area contributed by atoms with Gasteiger partial charge in [0.25, 0.3) is 0 Å². The minimum atomic E-state index is -0.683. The molecule has 2 aliphatic carbocycles. The van der Waals surface area contributed by atoms with E-state index in [1.807, 2.05) is 24.3 Å². The predicted molar refractivity (Wildman–Crippen MR) is 103 cm³/mol. The number of rotatable bonds is 4. The molecule has 1 aromatic rings. The van der Waals surface area contributed by atoms with Crippen LogP contribution in [0.25, 0.3) is 0 Å². The molecule has 2 fully saturated rings. The Kier molecular flexibility index (Phi) is 6.18. The number of hydrogen-bond donors (Lipinski definition) is 3. The molecule has 4 N–H and O–H groups in total. The minimum Gasteiger partial charge on any atom is -0.387 e. The number of fused-ring (bicyclic) bond motifs is 2. The highest BCUT2D eigenvalue weighted by Crippen LogP contribution is 2.47. The van der Waals surface area contributed by atoms with Crippen LogP contribution in [0.2, 0.25) is 0 Å². The molecule has 1 aromatic carbocycles. The average Bonchev–Trinajstić information content (AvgIpc) is 3.12. The van der Waals surface area contributed by atoms with Gasteiger partial charge in [0.15, 0.2) is 0 Å². The van der Waals surface area contributed by atoms with Gasteiger partial charge in [0.1, 0.15) is 0 Å². The molecule has 5 atom stereocenters. The highest BCUT2D eigenvalue weighted by Gasteiger charge is 2.48. The fourth-order valence-corrected chi connectivity index (χ4v) is 4.36. The summed E-state index contributed by atoms with van der Waals surface area (Å²) in [5, 5.41) is 13.3. The molecule has 5 heteroatoms. The Hall–Kier alpha value is -1.10. The van der Waals surface area contributed by atoms with Crippen LogP contribution in [0.15, 0.2) is 24.3 Å². The van der Waals surface area contributed by atoms with Crippen LogP contribution in [-0.2, 0) is 10.2 Å². The number of benzene rings is 1. The van der Waals surface area contributed by atoms with Crippen molar-refractivity contribution in [2.75, 3.05) is 6.54 Å². The van der Waals surface area contributed by atoms with Crippen molar-refractivity contribution in [2.45, 2.75) is 57.6 Å². The molecule has 2 aliphatic rings. The number of halogens is 1. The summed E-state index contributed by atoms with van der Waals surface area (Å²) in [7, 11) is 0. The van der Waals surface area contributed by atoms with Crippen LogP contribution in [0.3, 0.4) is 0 Å². The van der Waals surface area contributed by atoms with Gasteiger partial charge in [-0.1, -0.05) is 45.0 Å². The van der Waals surface area contributed by atoms with Crippen LogP contribution in [0, 0.1) is 17.8 Å². The van der Waals surface area contributed by atoms with Gasteiger partial charge in [-0.05, 0) is 47.6 Å². The van der Waals surface area contributed by atoms with Crippen LogP contribution in [-0.4, -0.2) is 23.6 Å². The molecule has 0 spiro atoms. The molecule has 0 heterocycles. The zero-order valence-electron chi connectivity index (χ0n) is 15.4. The van der Waals surface area contributed by atoms with Crippen molar-refractivity contribution in [3.63, 3.8) is 0 Å². The minimum absolute atomic E-state index is 0. The van der Waals surface area contributed by atoms with Gasteiger partial charge >= 0.3 is 0 Å². The number of aliphatic hydroxyl groups excluding tert-OH is 1. The zero-order chi connectivity index (χ0) is 17.5. The second-order valence-electron chi connectivity index (χ2n) is 8.57. The number of aliphatic hydroxyl groups is 1. The second kappa shape index (κ2) is 7.65. The van der Waals surface area contributed by atoms with Crippen molar-refractivity contribution in [1.82, 2.24) is 5.32 Å². The van der Waals surface area contributed by atoms with E-state index in [9.17, 15) is 9.90 Å². The van der Waals surface area contributed by atoms with Gasteiger partial charge in [0, 0.05) is 12.6 Å². The lowest BCUT2D eigenvalue weighted by Crippen LogP contribution is -2.46. The van der Waals surface area contributed by atoms with E-state index < -0.39 is 6.10 Å². The van der Waals surface area contributed by atoms with Crippen LogP contribution < -0.4 is 11.1 Å². The maximum absolute atomic E-state index is 12.5. The SMILES string of the molecule is CC(C)(C)c1ccc(C(O)CNC(=O)C2C3CCC(C3)C2N)cc1.Cl. The van der Waals surface area contributed by atoms with Gasteiger partial charge in [-0.3, -0.25) is 4.79 Å². The largest absolute Gasteiger partial charge is 0.387 e. The van der Waals surface area contributed by atoms with Crippen molar-refractivity contribution < 1.29 is 9.90 Å². The number of nitrogens with two attached hydrogens (primary N) is 1. The van der Waals surface area contributed by atoms with Gasteiger partial charge in [-0.15, -0.1) is 12.4 Å². The first kappa shape index (κ1) is 20.2. The molecule has 140 valence electrons. The second-order valence-corrected chi connectivity index (χ2v) is 8.57. The summed E-state index contributed by atoms with van der Waals surface area (Å²) in [5.74, 6) is 0.896. The number of carbonyl (C=O) groups excluding carboxylic acids is 1. The Morgan fingerprint density at radius 2 is 1.84 bits per heavy atom. The molecule has 4 nitrogen and oxygen atoms in total. The molecule has 0 radical (unpaired) electrons. The molecule has 0 saturated heterocycles. The number of hydrogen-bond acceptors (Lipinski definition) is 3. The van der Waals surface area contributed by atoms with Crippen molar-refractivity contribution in [3.05, 3.63) is 35.4 Å². The summed E-state index contributed by atoms with van der Waals surface area (Å²) in [4.78, 5) is 12.5. The lowest BCUT2D eigenvalue weighted by Gasteiger charge is -2.27. The normalized spacial score (nSPS) is 29.2. The fraction of sp³-hybridized carbons (Fsp3) is 0.650. The molecule has 0 aromatic heterocycles. The van der Waals surface area contributed by atoms with Gasteiger partial charge in [-0.2, -0.15) is 0 Å². The van der Waals surface area contributed by atoms with E-state index in [-0.39, 0.29) is 42.2 Å². The van der Waals surface area contributed by atoms with E-state index in [0.29, 0.717) is 11.8 Å². The quantitative estimate of drug-likeness (QED) is 0.766. The standard InChI is InChI=1S/C20H30N2O2.ClH/c1-20(2,3)15-8-6-12(7-9-15)16(23)11-22-19(24)17-13-4-5-14(10-13)18(17)21;/h6-9,13-14,16-18,23H,4-5,10-11,21H2,1-3H3,(H,22,24);1H. The third kappa shape index (κ3) is 4.18. The van der Waals surface area contributed by atoms with Crippen LogP contribution in [0.1, 0.15) is 57.3 Å². The molecule has 2 bridgehead atoms. The van der Waals surface area contributed by atoms with E-state index in [4.69, 9.17) is 5.73 Å². The molecule has 2 saturated carbocycles. The first-order valence-electron chi connectivity index (χ1n) is 9.09. The maximum atomic E-state index is 12.5. The molecular weight excluding hydrogens is 336 g/mol. The molecular formula is C20H31ClN2O2. The highest BCUT2D eigenvalue weighted by molar-refractivity contribution is 5.85. The molecule has 3 rings (SSSR count). The first-order chi connectivity index (χ1) is 11.3. The van der Waals surface area contributed by atoms with Crippen molar-refractivity contribution >= 4 is 18.3 Å².